The quantitative estimate of drug-likeness (QED) is 0.679. The van der Waals surface area contributed by atoms with Crippen molar-refractivity contribution in [3.63, 3.8) is 0 Å². The number of ether oxygens (including phenoxy) is 1. The highest BCUT2D eigenvalue weighted by Crippen LogP contribution is 2.20. The molecule has 0 spiro atoms. The van der Waals surface area contributed by atoms with Crippen LogP contribution in [0.25, 0.3) is 0 Å². The number of hydrogen-bond donors (Lipinski definition) is 0. The SMILES string of the molecule is C=CCC(OC)c1ccc(C#N)cc1. The van der Waals surface area contributed by atoms with Gasteiger partial charge in [-0.25, -0.2) is 0 Å². The third kappa shape index (κ3) is 2.45. The number of methoxy groups -OCH3 is 1. The van der Waals surface area contributed by atoms with E-state index in [2.05, 4.69) is 12.6 Å². The molecule has 1 rings (SSSR count). The van der Waals surface area contributed by atoms with Crippen LogP contribution in [0.3, 0.4) is 0 Å². The standard InChI is InChI=1S/C12H13NO/c1-3-4-12(14-2)11-7-5-10(9-13)6-8-11/h3,5-8,12H,1,4H2,2H3. The molecule has 2 heteroatoms. The summed E-state index contributed by atoms with van der Waals surface area (Å²) in [5.74, 6) is 0. The molecule has 0 aliphatic carbocycles. The normalized spacial score (nSPS) is 11.7. The zero-order valence-corrected chi connectivity index (χ0v) is 8.23. The van der Waals surface area contributed by atoms with Gasteiger partial charge in [0.15, 0.2) is 0 Å². The first-order valence-electron chi connectivity index (χ1n) is 4.45. The Labute approximate surface area is 84.4 Å². The van der Waals surface area contributed by atoms with Gasteiger partial charge < -0.3 is 4.74 Å². The zero-order chi connectivity index (χ0) is 10.4. The lowest BCUT2D eigenvalue weighted by Gasteiger charge is -2.13. The molecule has 0 fully saturated rings. The monoisotopic (exact) mass is 187 g/mol. The third-order valence-electron chi connectivity index (χ3n) is 2.08. The van der Waals surface area contributed by atoms with Crippen molar-refractivity contribution in [2.24, 2.45) is 0 Å². The van der Waals surface area contributed by atoms with Gasteiger partial charge >= 0.3 is 0 Å². The van der Waals surface area contributed by atoms with Gasteiger partial charge in [-0.05, 0) is 24.1 Å². The maximum atomic E-state index is 8.63. The second kappa shape index (κ2) is 5.21. The largest absolute Gasteiger partial charge is 0.376 e. The zero-order valence-electron chi connectivity index (χ0n) is 8.23. The van der Waals surface area contributed by atoms with E-state index in [0.29, 0.717) is 5.56 Å². The predicted molar refractivity (Wildman–Crippen MR) is 55.7 cm³/mol. The Bertz CT molecular complexity index is 334. The molecule has 0 aromatic heterocycles. The van der Waals surface area contributed by atoms with Crippen LogP contribution in [0.4, 0.5) is 0 Å². The van der Waals surface area contributed by atoms with E-state index in [1.54, 1.807) is 19.2 Å². The van der Waals surface area contributed by atoms with Crippen LogP contribution in [0.2, 0.25) is 0 Å². The predicted octanol–water partition coefficient (Wildman–Crippen LogP) is 2.82. The molecule has 0 heterocycles. The summed E-state index contributed by atoms with van der Waals surface area (Å²) in [6.45, 7) is 3.68. The summed E-state index contributed by atoms with van der Waals surface area (Å²) in [5, 5.41) is 8.63. The Hall–Kier alpha value is -1.59. The third-order valence-corrected chi connectivity index (χ3v) is 2.08. The average Bonchev–Trinajstić information content (AvgIpc) is 2.26. The Morgan fingerprint density at radius 1 is 1.50 bits per heavy atom. The summed E-state index contributed by atoms with van der Waals surface area (Å²) < 4.78 is 5.30. The van der Waals surface area contributed by atoms with Crippen molar-refractivity contribution in [2.75, 3.05) is 7.11 Å². The van der Waals surface area contributed by atoms with Crippen LogP contribution in [0, 0.1) is 11.3 Å². The highest BCUT2D eigenvalue weighted by atomic mass is 16.5. The summed E-state index contributed by atoms with van der Waals surface area (Å²) in [7, 11) is 1.67. The van der Waals surface area contributed by atoms with Crippen molar-refractivity contribution in [2.45, 2.75) is 12.5 Å². The summed E-state index contributed by atoms with van der Waals surface area (Å²) >= 11 is 0. The molecule has 0 saturated heterocycles. The van der Waals surface area contributed by atoms with Crippen molar-refractivity contribution in [3.05, 3.63) is 48.0 Å². The van der Waals surface area contributed by atoms with Gasteiger partial charge in [0.2, 0.25) is 0 Å². The summed E-state index contributed by atoms with van der Waals surface area (Å²) in [6.07, 6.45) is 2.65. The molecular formula is C12H13NO. The van der Waals surface area contributed by atoms with E-state index < -0.39 is 0 Å². The Kier molecular flexibility index (Phi) is 3.90. The van der Waals surface area contributed by atoms with Gasteiger partial charge in [-0.15, -0.1) is 6.58 Å². The lowest BCUT2D eigenvalue weighted by atomic mass is 10.0. The minimum atomic E-state index is 0.0419. The topological polar surface area (TPSA) is 33.0 Å². The van der Waals surface area contributed by atoms with E-state index >= 15 is 0 Å². The summed E-state index contributed by atoms with van der Waals surface area (Å²) in [4.78, 5) is 0. The van der Waals surface area contributed by atoms with Gasteiger partial charge in [0.25, 0.3) is 0 Å². The molecule has 2 nitrogen and oxygen atoms in total. The van der Waals surface area contributed by atoms with Crippen molar-refractivity contribution in [3.8, 4) is 6.07 Å². The van der Waals surface area contributed by atoms with E-state index in [-0.39, 0.29) is 6.10 Å². The molecule has 1 unspecified atom stereocenters. The van der Waals surface area contributed by atoms with Gasteiger partial charge in [0, 0.05) is 7.11 Å². The molecule has 1 aromatic rings. The van der Waals surface area contributed by atoms with E-state index in [1.807, 2.05) is 18.2 Å². The fourth-order valence-corrected chi connectivity index (χ4v) is 1.29. The smallest absolute Gasteiger partial charge is 0.0991 e. The minimum Gasteiger partial charge on any atom is -0.376 e. The van der Waals surface area contributed by atoms with E-state index in [9.17, 15) is 0 Å². The van der Waals surface area contributed by atoms with Crippen LogP contribution >= 0.6 is 0 Å². The van der Waals surface area contributed by atoms with Crippen molar-refractivity contribution < 1.29 is 4.74 Å². The molecule has 0 N–H and O–H groups in total. The van der Waals surface area contributed by atoms with Crippen LogP contribution in [0.5, 0.6) is 0 Å². The van der Waals surface area contributed by atoms with Crippen LogP contribution in [-0.2, 0) is 4.74 Å². The number of benzene rings is 1. The molecule has 0 radical (unpaired) electrons. The number of hydrogen-bond acceptors (Lipinski definition) is 2. The van der Waals surface area contributed by atoms with Gasteiger partial charge in [0.05, 0.1) is 17.7 Å². The van der Waals surface area contributed by atoms with Gasteiger partial charge in [-0.3, -0.25) is 0 Å². The second-order valence-electron chi connectivity index (χ2n) is 2.98. The Morgan fingerprint density at radius 2 is 2.14 bits per heavy atom. The molecule has 0 saturated carbocycles. The van der Waals surface area contributed by atoms with Gasteiger partial charge in [-0.1, -0.05) is 18.2 Å². The van der Waals surface area contributed by atoms with Gasteiger partial charge in [-0.2, -0.15) is 5.26 Å². The summed E-state index contributed by atoms with van der Waals surface area (Å²) in [5.41, 5.74) is 1.74. The highest BCUT2D eigenvalue weighted by Gasteiger charge is 2.07. The fraction of sp³-hybridized carbons (Fsp3) is 0.250. The number of rotatable bonds is 4. The highest BCUT2D eigenvalue weighted by molar-refractivity contribution is 5.32. The molecule has 0 bridgehead atoms. The van der Waals surface area contributed by atoms with E-state index in [1.165, 1.54) is 0 Å². The fourth-order valence-electron chi connectivity index (χ4n) is 1.29. The molecule has 1 atom stereocenters. The lowest BCUT2D eigenvalue weighted by molar-refractivity contribution is 0.106. The molecule has 0 aliphatic heterocycles. The first kappa shape index (κ1) is 10.5. The molecule has 72 valence electrons. The molecule has 1 aromatic carbocycles. The lowest BCUT2D eigenvalue weighted by Crippen LogP contribution is -1.99. The van der Waals surface area contributed by atoms with Crippen LogP contribution < -0.4 is 0 Å². The molecule has 14 heavy (non-hydrogen) atoms. The maximum absolute atomic E-state index is 8.63. The van der Waals surface area contributed by atoms with Crippen LogP contribution in [0.15, 0.2) is 36.9 Å². The number of nitriles is 1. The Morgan fingerprint density at radius 3 is 2.57 bits per heavy atom. The minimum absolute atomic E-state index is 0.0419. The molecular weight excluding hydrogens is 174 g/mol. The van der Waals surface area contributed by atoms with Crippen LogP contribution in [0.1, 0.15) is 23.7 Å². The first-order valence-corrected chi connectivity index (χ1v) is 4.45. The first-order chi connectivity index (χ1) is 6.81. The van der Waals surface area contributed by atoms with Crippen molar-refractivity contribution in [1.82, 2.24) is 0 Å². The van der Waals surface area contributed by atoms with Crippen molar-refractivity contribution >= 4 is 0 Å². The molecule has 0 aliphatic rings. The average molecular weight is 187 g/mol. The maximum Gasteiger partial charge on any atom is 0.0991 e. The Balaban J connectivity index is 2.84. The van der Waals surface area contributed by atoms with E-state index in [4.69, 9.17) is 10.00 Å². The van der Waals surface area contributed by atoms with E-state index in [0.717, 1.165) is 12.0 Å². The molecule has 0 amide bonds. The number of nitrogens with zero attached hydrogens (tertiary/aromatic N) is 1. The summed E-state index contributed by atoms with van der Waals surface area (Å²) in [6, 6.07) is 9.50. The second-order valence-corrected chi connectivity index (χ2v) is 2.98. The van der Waals surface area contributed by atoms with Gasteiger partial charge in [0.1, 0.15) is 0 Å². The van der Waals surface area contributed by atoms with Crippen LogP contribution in [-0.4, -0.2) is 7.11 Å². The van der Waals surface area contributed by atoms with Crippen molar-refractivity contribution in [1.29, 1.82) is 5.26 Å².